The molecule has 1 aromatic carbocycles. The summed E-state index contributed by atoms with van der Waals surface area (Å²) in [6, 6.07) is 11.8. The molecule has 2 aromatic heterocycles. The van der Waals surface area contributed by atoms with Crippen LogP contribution in [0.2, 0.25) is 0 Å². The summed E-state index contributed by atoms with van der Waals surface area (Å²) < 4.78 is 1.60. The molecular formula is C20H21N3O2S. The van der Waals surface area contributed by atoms with E-state index in [1.807, 2.05) is 39.0 Å². The highest BCUT2D eigenvalue weighted by atomic mass is 32.2. The Morgan fingerprint density at radius 1 is 1.12 bits per heavy atom. The number of hydrogen-bond donors (Lipinski definition) is 1. The van der Waals surface area contributed by atoms with Crippen molar-refractivity contribution < 1.29 is 0 Å². The molecule has 5 nitrogen and oxygen atoms in total. The van der Waals surface area contributed by atoms with Gasteiger partial charge >= 0.3 is 5.69 Å². The Kier molecular flexibility index (Phi) is 5.42. The number of nitrogens with one attached hydrogen (secondary N) is 1. The lowest BCUT2D eigenvalue weighted by atomic mass is 10.2. The number of pyridine rings is 1. The van der Waals surface area contributed by atoms with Crippen LogP contribution in [0.25, 0.3) is 0 Å². The number of aromatic amines is 1. The number of benzene rings is 1. The second-order valence-corrected chi connectivity index (χ2v) is 7.29. The zero-order valence-corrected chi connectivity index (χ0v) is 15.9. The molecule has 0 aliphatic rings. The maximum atomic E-state index is 12.5. The van der Waals surface area contributed by atoms with Crippen LogP contribution in [0, 0.1) is 13.8 Å². The summed E-state index contributed by atoms with van der Waals surface area (Å²) in [5, 5.41) is 0.678. The van der Waals surface area contributed by atoms with Crippen LogP contribution in [-0.2, 0) is 13.0 Å². The Labute approximate surface area is 156 Å². The maximum absolute atomic E-state index is 12.5. The first-order valence-electron chi connectivity index (χ1n) is 8.50. The predicted molar refractivity (Wildman–Crippen MR) is 104 cm³/mol. The van der Waals surface area contributed by atoms with Gasteiger partial charge in [0.25, 0.3) is 5.56 Å². The third kappa shape index (κ3) is 3.96. The summed E-state index contributed by atoms with van der Waals surface area (Å²) in [6.07, 6.45) is 2.24. The smallest absolute Gasteiger partial charge is 0.281 e. The quantitative estimate of drug-likeness (QED) is 0.703. The van der Waals surface area contributed by atoms with E-state index in [0.717, 1.165) is 21.7 Å². The molecule has 0 aliphatic carbocycles. The van der Waals surface area contributed by atoms with Gasteiger partial charge in [0.2, 0.25) is 0 Å². The molecule has 0 saturated carbocycles. The highest BCUT2D eigenvalue weighted by Gasteiger charge is 2.16. The molecule has 0 atom stereocenters. The highest BCUT2D eigenvalue weighted by Crippen LogP contribution is 2.30. The fraction of sp³-hybridized carbons (Fsp3) is 0.250. The van der Waals surface area contributed by atoms with Gasteiger partial charge in [-0.15, -0.1) is 0 Å². The summed E-state index contributed by atoms with van der Waals surface area (Å²) >= 11 is 1.46. The van der Waals surface area contributed by atoms with Crippen LogP contribution in [0.1, 0.15) is 29.3 Å². The number of aryl methyl sites for hydroxylation is 2. The van der Waals surface area contributed by atoms with E-state index in [2.05, 4.69) is 28.2 Å². The van der Waals surface area contributed by atoms with E-state index in [1.165, 1.54) is 11.8 Å². The molecule has 2 heterocycles. The molecule has 26 heavy (non-hydrogen) atoms. The van der Waals surface area contributed by atoms with E-state index in [1.54, 1.807) is 10.8 Å². The van der Waals surface area contributed by atoms with Crippen LogP contribution in [0.5, 0.6) is 0 Å². The van der Waals surface area contributed by atoms with E-state index in [0.29, 0.717) is 23.6 Å². The summed E-state index contributed by atoms with van der Waals surface area (Å²) in [5.74, 6) is 0. The highest BCUT2D eigenvalue weighted by molar-refractivity contribution is 7.99. The largest absolute Gasteiger partial charge is 0.329 e. The first-order chi connectivity index (χ1) is 12.5. The number of aromatic nitrogens is 3. The lowest BCUT2D eigenvalue weighted by molar-refractivity contribution is 0.624. The summed E-state index contributed by atoms with van der Waals surface area (Å²) in [7, 11) is 0. The van der Waals surface area contributed by atoms with E-state index in [4.69, 9.17) is 0 Å². The van der Waals surface area contributed by atoms with Gasteiger partial charge in [-0.1, -0.05) is 30.8 Å². The molecule has 3 rings (SSSR count). The van der Waals surface area contributed by atoms with Gasteiger partial charge in [0.1, 0.15) is 0 Å². The summed E-state index contributed by atoms with van der Waals surface area (Å²) in [5.41, 5.74) is 2.95. The third-order valence-electron chi connectivity index (χ3n) is 4.05. The first kappa shape index (κ1) is 18.2. The van der Waals surface area contributed by atoms with Crippen molar-refractivity contribution in [2.75, 3.05) is 0 Å². The number of nitrogens with zero attached hydrogens (tertiary/aromatic N) is 2. The Hall–Kier alpha value is -2.60. The van der Waals surface area contributed by atoms with Gasteiger partial charge in [-0.3, -0.25) is 19.3 Å². The Balaban J connectivity index is 2.14. The molecule has 3 aromatic rings. The predicted octanol–water partition coefficient (Wildman–Crippen LogP) is 3.31. The lowest BCUT2D eigenvalue weighted by Gasteiger charge is -2.15. The average Bonchev–Trinajstić information content (AvgIpc) is 2.58. The normalized spacial score (nSPS) is 10.9. The first-order valence-corrected chi connectivity index (χ1v) is 9.31. The number of rotatable bonds is 5. The second kappa shape index (κ2) is 7.74. The van der Waals surface area contributed by atoms with Gasteiger partial charge in [0.05, 0.1) is 17.3 Å². The van der Waals surface area contributed by atoms with E-state index >= 15 is 0 Å². The van der Waals surface area contributed by atoms with Crippen LogP contribution in [-0.4, -0.2) is 14.5 Å². The molecule has 134 valence electrons. The standard InChI is InChI=1S/C20H21N3O2S/c1-4-17-18(24)22-20(25)23(12-15-7-5-6-8-21-15)19(17)26-16-10-13(2)9-14(3)11-16/h5-11H,4,12H2,1-3H3,(H,22,24,25). The zero-order chi connectivity index (χ0) is 18.7. The van der Waals surface area contributed by atoms with Gasteiger partial charge in [0.15, 0.2) is 0 Å². The van der Waals surface area contributed by atoms with Crippen molar-refractivity contribution in [2.45, 2.75) is 43.7 Å². The van der Waals surface area contributed by atoms with Crippen LogP contribution in [0.3, 0.4) is 0 Å². The van der Waals surface area contributed by atoms with Crippen molar-refractivity contribution >= 4 is 11.8 Å². The minimum Gasteiger partial charge on any atom is -0.281 e. The molecule has 1 N–H and O–H groups in total. The second-order valence-electron chi connectivity index (χ2n) is 6.23. The van der Waals surface area contributed by atoms with Gasteiger partial charge in [-0.05, 0) is 55.7 Å². The summed E-state index contributed by atoms with van der Waals surface area (Å²) in [6.45, 7) is 6.31. The zero-order valence-electron chi connectivity index (χ0n) is 15.1. The van der Waals surface area contributed by atoms with E-state index in [-0.39, 0.29) is 5.56 Å². The third-order valence-corrected chi connectivity index (χ3v) is 5.18. The maximum Gasteiger partial charge on any atom is 0.329 e. The summed E-state index contributed by atoms with van der Waals surface area (Å²) in [4.78, 5) is 32.6. The van der Waals surface area contributed by atoms with Crippen LogP contribution in [0.15, 0.2) is 62.1 Å². The molecule has 0 bridgehead atoms. The topological polar surface area (TPSA) is 67.8 Å². The Bertz CT molecular complexity index is 1020. The molecule has 0 radical (unpaired) electrons. The monoisotopic (exact) mass is 367 g/mol. The SMILES string of the molecule is CCc1c(Sc2cc(C)cc(C)c2)n(Cc2ccccn2)c(=O)[nH]c1=O. The molecule has 0 unspecified atom stereocenters. The molecule has 0 spiro atoms. The van der Waals surface area contributed by atoms with Crippen molar-refractivity contribution in [3.05, 3.63) is 85.8 Å². The van der Waals surface area contributed by atoms with Crippen LogP contribution in [0.4, 0.5) is 0 Å². The number of hydrogen-bond acceptors (Lipinski definition) is 4. The number of H-pyrrole nitrogens is 1. The molecule has 0 saturated heterocycles. The Morgan fingerprint density at radius 2 is 1.85 bits per heavy atom. The van der Waals surface area contributed by atoms with Gasteiger partial charge in [-0.2, -0.15) is 0 Å². The fourth-order valence-corrected chi connectivity index (χ4v) is 4.25. The van der Waals surface area contributed by atoms with Crippen molar-refractivity contribution in [2.24, 2.45) is 0 Å². The molecular weight excluding hydrogens is 346 g/mol. The molecule has 0 amide bonds. The minimum absolute atomic E-state index is 0.316. The lowest BCUT2D eigenvalue weighted by Crippen LogP contribution is -2.34. The van der Waals surface area contributed by atoms with Crippen LogP contribution < -0.4 is 11.2 Å². The minimum atomic E-state index is -0.412. The van der Waals surface area contributed by atoms with Gasteiger partial charge in [0, 0.05) is 16.7 Å². The molecule has 0 aliphatic heterocycles. The van der Waals surface area contributed by atoms with Crippen molar-refractivity contribution in [3.8, 4) is 0 Å². The van der Waals surface area contributed by atoms with Crippen molar-refractivity contribution in [1.29, 1.82) is 0 Å². The fourth-order valence-electron chi connectivity index (χ4n) is 2.92. The average molecular weight is 367 g/mol. The van der Waals surface area contributed by atoms with Crippen molar-refractivity contribution in [3.63, 3.8) is 0 Å². The molecule has 0 fully saturated rings. The van der Waals surface area contributed by atoms with Gasteiger partial charge < -0.3 is 0 Å². The van der Waals surface area contributed by atoms with E-state index in [9.17, 15) is 9.59 Å². The molecule has 6 heteroatoms. The van der Waals surface area contributed by atoms with Crippen LogP contribution >= 0.6 is 11.8 Å². The van der Waals surface area contributed by atoms with E-state index < -0.39 is 5.69 Å². The van der Waals surface area contributed by atoms with Gasteiger partial charge in [-0.25, -0.2) is 4.79 Å². The van der Waals surface area contributed by atoms with Crippen molar-refractivity contribution in [1.82, 2.24) is 14.5 Å². The Morgan fingerprint density at radius 3 is 2.46 bits per heavy atom.